The zero-order valence-corrected chi connectivity index (χ0v) is 16.8. The maximum Gasteiger partial charge on any atom is 0.270 e. The summed E-state index contributed by atoms with van der Waals surface area (Å²) in [6, 6.07) is 10.3. The van der Waals surface area contributed by atoms with Crippen molar-refractivity contribution in [1.82, 2.24) is 9.78 Å². The number of ketones is 1. The molecule has 3 aromatic rings. The molecule has 1 aromatic heterocycles. The smallest absolute Gasteiger partial charge is 0.270 e. The van der Waals surface area contributed by atoms with Crippen molar-refractivity contribution >= 4 is 11.5 Å². The first kappa shape index (κ1) is 18.4. The molecule has 2 heterocycles. The fourth-order valence-corrected chi connectivity index (χ4v) is 4.35. The second kappa shape index (κ2) is 6.16. The Labute approximate surface area is 172 Å². The Kier molecular flexibility index (Phi) is 3.77. The van der Waals surface area contributed by atoms with Crippen LogP contribution in [0.3, 0.4) is 0 Å². The summed E-state index contributed by atoms with van der Waals surface area (Å²) in [5.41, 5.74) is 3.99. The van der Waals surface area contributed by atoms with Crippen molar-refractivity contribution in [2.24, 2.45) is 0 Å². The fourth-order valence-electron chi connectivity index (χ4n) is 4.35. The number of carbonyl (C=O) groups excluding carboxylic acids is 1. The van der Waals surface area contributed by atoms with Gasteiger partial charge in [-0.1, -0.05) is 19.9 Å². The minimum atomic E-state index is -0.408. The summed E-state index contributed by atoms with van der Waals surface area (Å²) in [7, 11) is 0. The van der Waals surface area contributed by atoms with E-state index in [0.29, 0.717) is 40.6 Å². The van der Waals surface area contributed by atoms with Crippen LogP contribution in [0, 0.1) is 10.1 Å². The third-order valence-corrected chi connectivity index (χ3v) is 5.73. The molecule has 0 radical (unpaired) electrons. The molecule has 5 rings (SSSR count). The van der Waals surface area contributed by atoms with Gasteiger partial charge in [-0.15, -0.1) is 0 Å². The second-order valence-electron chi connectivity index (χ2n) is 8.23. The molecule has 0 N–H and O–H groups in total. The minimum Gasteiger partial charge on any atom is -0.454 e. The summed E-state index contributed by atoms with van der Waals surface area (Å²) in [6.45, 7) is 5.78. The first-order chi connectivity index (χ1) is 14.3. The number of benzene rings is 2. The van der Waals surface area contributed by atoms with Gasteiger partial charge >= 0.3 is 0 Å². The number of hydrogen-bond acceptors (Lipinski definition) is 6. The maximum atomic E-state index is 12.4. The lowest BCUT2D eigenvalue weighted by Gasteiger charge is -2.33. The molecule has 2 aromatic carbocycles. The number of nitro benzene ring substituents is 1. The molecule has 0 spiro atoms. The fraction of sp³-hybridized carbons (Fsp3) is 0.273. The molecule has 8 heteroatoms. The van der Waals surface area contributed by atoms with Crippen molar-refractivity contribution in [3.05, 3.63) is 63.3 Å². The first-order valence-electron chi connectivity index (χ1n) is 9.58. The SMILES string of the molecule is CC(=O)c1nn(-c2ccc3c(c2)OCO3)c2c1CC(C)(C)c1ccc([N+](=O)[O-])cc1-2. The Morgan fingerprint density at radius 1 is 1.17 bits per heavy atom. The zero-order valence-electron chi connectivity index (χ0n) is 16.8. The van der Waals surface area contributed by atoms with Gasteiger partial charge in [-0.05, 0) is 29.5 Å². The quantitative estimate of drug-likeness (QED) is 0.368. The highest BCUT2D eigenvalue weighted by molar-refractivity contribution is 5.96. The van der Waals surface area contributed by atoms with Crippen molar-refractivity contribution < 1.29 is 19.2 Å². The number of ether oxygens (including phenoxy) is 2. The van der Waals surface area contributed by atoms with Gasteiger partial charge in [-0.25, -0.2) is 4.68 Å². The summed E-state index contributed by atoms with van der Waals surface area (Å²) in [5, 5.41) is 16.1. The molecule has 0 amide bonds. The third-order valence-electron chi connectivity index (χ3n) is 5.73. The third kappa shape index (κ3) is 2.60. The van der Waals surface area contributed by atoms with E-state index in [0.717, 1.165) is 11.1 Å². The number of aromatic nitrogens is 2. The molecule has 0 fully saturated rings. The Morgan fingerprint density at radius 2 is 1.93 bits per heavy atom. The van der Waals surface area contributed by atoms with Gasteiger partial charge in [0, 0.05) is 36.2 Å². The van der Waals surface area contributed by atoms with Crippen LogP contribution >= 0.6 is 0 Å². The monoisotopic (exact) mass is 405 g/mol. The van der Waals surface area contributed by atoms with Gasteiger partial charge in [0.05, 0.1) is 16.3 Å². The number of nitro groups is 1. The maximum absolute atomic E-state index is 12.4. The normalized spacial score (nSPS) is 15.4. The minimum absolute atomic E-state index is 0.000196. The molecule has 0 atom stereocenters. The Bertz CT molecular complexity index is 1240. The molecule has 2 aliphatic rings. The molecular weight excluding hydrogens is 386 g/mol. The van der Waals surface area contributed by atoms with E-state index in [1.807, 2.05) is 6.07 Å². The predicted octanol–water partition coefficient (Wildman–Crippen LogP) is 4.21. The van der Waals surface area contributed by atoms with Crippen LogP contribution in [0.4, 0.5) is 5.69 Å². The summed E-state index contributed by atoms with van der Waals surface area (Å²) < 4.78 is 12.6. The highest BCUT2D eigenvalue weighted by Crippen LogP contribution is 2.46. The van der Waals surface area contributed by atoms with Crippen molar-refractivity contribution in [3.63, 3.8) is 0 Å². The molecule has 152 valence electrons. The average molecular weight is 405 g/mol. The Balaban J connectivity index is 1.82. The van der Waals surface area contributed by atoms with Gasteiger partial charge in [0.15, 0.2) is 17.3 Å². The highest BCUT2D eigenvalue weighted by atomic mass is 16.7. The van der Waals surface area contributed by atoms with Crippen molar-refractivity contribution in [1.29, 1.82) is 0 Å². The van der Waals surface area contributed by atoms with Crippen LogP contribution in [0.15, 0.2) is 36.4 Å². The molecule has 1 aliphatic carbocycles. The number of carbonyl (C=O) groups is 1. The van der Waals surface area contributed by atoms with Gasteiger partial charge in [-0.3, -0.25) is 14.9 Å². The van der Waals surface area contributed by atoms with E-state index in [4.69, 9.17) is 9.47 Å². The van der Waals surface area contributed by atoms with Gasteiger partial charge < -0.3 is 9.47 Å². The van der Waals surface area contributed by atoms with Crippen LogP contribution in [0.25, 0.3) is 16.9 Å². The Hall–Kier alpha value is -3.68. The van der Waals surface area contributed by atoms with Crippen LogP contribution < -0.4 is 9.47 Å². The average Bonchev–Trinajstić information content (AvgIpc) is 3.31. The number of non-ortho nitro benzene ring substituents is 1. The van der Waals surface area contributed by atoms with E-state index in [1.54, 1.807) is 28.9 Å². The van der Waals surface area contributed by atoms with Gasteiger partial charge in [0.1, 0.15) is 5.69 Å². The van der Waals surface area contributed by atoms with Crippen LogP contribution in [0.5, 0.6) is 11.5 Å². The Morgan fingerprint density at radius 3 is 2.67 bits per heavy atom. The van der Waals surface area contributed by atoms with Crippen molar-refractivity contribution in [2.45, 2.75) is 32.6 Å². The number of hydrogen-bond donors (Lipinski definition) is 0. The lowest BCUT2D eigenvalue weighted by atomic mass is 9.71. The summed E-state index contributed by atoms with van der Waals surface area (Å²) in [4.78, 5) is 23.5. The molecule has 0 unspecified atom stereocenters. The molecule has 0 saturated heterocycles. The number of fused-ring (bicyclic) bond motifs is 4. The molecular formula is C22H19N3O5. The molecule has 0 bridgehead atoms. The first-order valence-corrected chi connectivity index (χ1v) is 9.58. The van der Waals surface area contributed by atoms with Gasteiger partial charge in [-0.2, -0.15) is 5.10 Å². The molecule has 1 aliphatic heterocycles. The lowest BCUT2D eigenvalue weighted by molar-refractivity contribution is -0.384. The highest BCUT2D eigenvalue weighted by Gasteiger charge is 2.38. The van der Waals surface area contributed by atoms with Crippen LogP contribution in [0.2, 0.25) is 0 Å². The van der Waals surface area contributed by atoms with E-state index < -0.39 is 4.92 Å². The largest absolute Gasteiger partial charge is 0.454 e. The molecule has 8 nitrogen and oxygen atoms in total. The van der Waals surface area contributed by atoms with Crippen LogP contribution in [-0.2, 0) is 11.8 Å². The van der Waals surface area contributed by atoms with Crippen LogP contribution in [-0.4, -0.2) is 27.3 Å². The topological polar surface area (TPSA) is 96.5 Å². The van der Waals surface area contributed by atoms with E-state index in [1.165, 1.54) is 13.0 Å². The summed E-state index contributed by atoms with van der Waals surface area (Å²) in [6.07, 6.45) is 0.604. The number of nitrogens with zero attached hydrogens (tertiary/aromatic N) is 3. The van der Waals surface area contributed by atoms with E-state index >= 15 is 0 Å². The van der Waals surface area contributed by atoms with E-state index in [-0.39, 0.29) is 23.7 Å². The van der Waals surface area contributed by atoms with Crippen molar-refractivity contribution in [3.8, 4) is 28.4 Å². The summed E-state index contributed by atoms with van der Waals surface area (Å²) in [5.74, 6) is 1.09. The molecule has 0 saturated carbocycles. The molecule has 30 heavy (non-hydrogen) atoms. The van der Waals surface area contributed by atoms with Gasteiger partial charge in [0.2, 0.25) is 6.79 Å². The zero-order chi connectivity index (χ0) is 21.2. The second-order valence-corrected chi connectivity index (χ2v) is 8.23. The van der Waals surface area contributed by atoms with Crippen LogP contribution in [0.1, 0.15) is 42.4 Å². The standard InChI is InChI=1S/C22H19N3O5/c1-12(26)20-16-10-22(2,3)17-6-4-14(25(27)28)8-15(17)21(16)24(23-20)13-5-7-18-19(9-13)30-11-29-18/h4-9H,10-11H2,1-3H3. The summed E-state index contributed by atoms with van der Waals surface area (Å²) >= 11 is 0. The van der Waals surface area contributed by atoms with E-state index in [2.05, 4.69) is 18.9 Å². The van der Waals surface area contributed by atoms with Crippen molar-refractivity contribution in [2.75, 3.05) is 6.79 Å². The number of rotatable bonds is 3. The number of Topliss-reactive ketones (excluding diaryl/α,β-unsaturated/α-hetero) is 1. The lowest BCUT2D eigenvalue weighted by Crippen LogP contribution is -2.26. The predicted molar refractivity (Wildman–Crippen MR) is 109 cm³/mol. The van der Waals surface area contributed by atoms with Gasteiger partial charge in [0.25, 0.3) is 5.69 Å². The van der Waals surface area contributed by atoms with E-state index in [9.17, 15) is 14.9 Å².